The molecule has 30 heavy (non-hydrogen) atoms. The molecule has 2 N–H and O–H groups in total. The number of benzene rings is 1. The molecular weight excluding hydrogens is 390 g/mol. The molecule has 1 saturated heterocycles. The zero-order valence-electron chi connectivity index (χ0n) is 18.0. The molecular formula is C22H34F2N4O2. The molecule has 2 fully saturated rings. The van der Waals surface area contributed by atoms with Gasteiger partial charge in [-0.1, -0.05) is 6.92 Å². The van der Waals surface area contributed by atoms with Gasteiger partial charge in [-0.2, -0.15) is 8.78 Å². The normalized spacial score (nSPS) is 19.9. The first kappa shape index (κ1) is 22.6. The van der Waals surface area contributed by atoms with Crippen molar-refractivity contribution in [2.24, 2.45) is 10.9 Å². The number of ether oxygens (including phenoxy) is 2. The number of likely N-dealkylation sites (tertiary alicyclic amines) is 1. The molecule has 1 saturated carbocycles. The van der Waals surface area contributed by atoms with Crippen LogP contribution < -0.4 is 20.1 Å². The summed E-state index contributed by atoms with van der Waals surface area (Å²) in [6.45, 7) is 5.79. The first-order valence-corrected chi connectivity index (χ1v) is 11.1. The van der Waals surface area contributed by atoms with Crippen LogP contribution in [0.3, 0.4) is 0 Å². The van der Waals surface area contributed by atoms with Crippen LogP contribution >= 0.6 is 0 Å². The van der Waals surface area contributed by atoms with Gasteiger partial charge >= 0.3 is 6.61 Å². The van der Waals surface area contributed by atoms with E-state index >= 15 is 0 Å². The topological polar surface area (TPSA) is 58.1 Å². The van der Waals surface area contributed by atoms with Crippen molar-refractivity contribution in [2.75, 3.05) is 32.8 Å². The molecule has 1 aliphatic heterocycles. The molecule has 1 aliphatic carbocycles. The Kier molecular flexibility index (Phi) is 8.54. The highest BCUT2D eigenvalue weighted by Crippen LogP contribution is 2.31. The summed E-state index contributed by atoms with van der Waals surface area (Å²) in [5, 5.41) is 6.65. The summed E-state index contributed by atoms with van der Waals surface area (Å²) in [5.74, 6) is 1.93. The minimum atomic E-state index is -2.89. The molecule has 2 aliphatic rings. The van der Waals surface area contributed by atoms with Gasteiger partial charge in [-0.25, -0.2) is 4.99 Å². The molecule has 3 rings (SSSR count). The lowest BCUT2D eigenvalue weighted by Gasteiger charge is -2.17. The maximum absolute atomic E-state index is 12.9. The Balaban J connectivity index is 1.59. The first-order valence-electron chi connectivity index (χ1n) is 11.1. The Morgan fingerprint density at radius 1 is 1.23 bits per heavy atom. The third kappa shape index (κ3) is 7.00. The van der Waals surface area contributed by atoms with Gasteiger partial charge < -0.3 is 25.0 Å². The average Bonchev–Trinajstić information content (AvgIpc) is 3.47. The van der Waals surface area contributed by atoms with E-state index in [1.807, 2.05) is 13.8 Å². The van der Waals surface area contributed by atoms with E-state index in [9.17, 15) is 8.78 Å². The Bertz CT molecular complexity index is 698. The van der Waals surface area contributed by atoms with Crippen LogP contribution in [0.2, 0.25) is 0 Å². The van der Waals surface area contributed by atoms with Crippen molar-refractivity contribution in [3.63, 3.8) is 0 Å². The molecule has 0 bridgehead atoms. The summed E-state index contributed by atoms with van der Waals surface area (Å²) in [7, 11) is 0. The van der Waals surface area contributed by atoms with Crippen LogP contribution in [0.1, 0.15) is 45.1 Å². The molecule has 1 heterocycles. The average molecular weight is 425 g/mol. The largest absolute Gasteiger partial charge is 0.493 e. The van der Waals surface area contributed by atoms with Crippen LogP contribution in [-0.2, 0) is 6.54 Å². The zero-order chi connectivity index (χ0) is 21.3. The number of guanidine groups is 1. The summed E-state index contributed by atoms with van der Waals surface area (Å²) in [6, 6.07) is 5.83. The molecule has 6 nitrogen and oxygen atoms in total. The van der Waals surface area contributed by atoms with Crippen molar-refractivity contribution in [1.29, 1.82) is 0 Å². The predicted molar refractivity (Wildman–Crippen MR) is 114 cm³/mol. The second-order valence-electron chi connectivity index (χ2n) is 7.95. The van der Waals surface area contributed by atoms with Crippen LogP contribution in [0.25, 0.3) is 0 Å². The highest BCUT2D eigenvalue weighted by Gasteiger charge is 2.34. The SMILES string of the molecule is CCCOc1ccc(CN=C(NCC)NCC2CCN(C3CC3)C2)c(OC(F)F)c1. The molecule has 0 aromatic heterocycles. The van der Waals surface area contributed by atoms with Gasteiger partial charge in [-0.05, 0) is 57.2 Å². The fourth-order valence-electron chi connectivity index (χ4n) is 3.73. The summed E-state index contributed by atoms with van der Waals surface area (Å²) >= 11 is 0. The highest BCUT2D eigenvalue weighted by atomic mass is 19.3. The van der Waals surface area contributed by atoms with Crippen LogP contribution in [0, 0.1) is 5.92 Å². The van der Waals surface area contributed by atoms with Crippen molar-refractivity contribution < 1.29 is 18.3 Å². The van der Waals surface area contributed by atoms with Crippen LogP contribution in [0.4, 0.5) is 8.78 Å². The summed E-state index contributed by atoms with van der Waals surface area (Å²) in [6.07, 6.45) is 4.73. The van der Waals surface area contributed by atoms with E-state index < -0.39 is 6.61 Å². The molecule has 1 unspecified atom stereocenters. The van der Waals surface area contributed by atoms with Crippen LogP contribution in [-0.4, -0.2) is 56.3 Å². The minimum absolute atomic E-state index is 0.106. The van der Waals surface area contributed by atoms with Gasteiger partial charge in [0, 0.05) is 37.3 Å². The van der Waals surface area contributed by atoms with E-state index in [1.54, 1.807) is 12.1 Å². The number of halogens is 2. The second kappa shape index (κ2) is 11.3. The first-order chi connectivity index (χ1) is 14.6. The number of alkyl halides is 2. The highest BCUT2D eigenvalue weighted by molar-refractivity contribution is 5.79. The van der Waals surface area contributed by atoms with E-state index in [1.165, 1.54) is 31.9 Å². The number of nitrogens with zero attached hydrogens (tertiary/aromatic N) is 2. The third-order valence-electron chi connectivity index (χ3n) is 5.42. The van der Waals surface area contributed by atoms with Crippen molar-refractivity contribution in [3.8, 4) is 11.5 Å². The standard InChI is InChI=1S/C22H34F2N4O2/c1-3-11-29-19-8-5-17(20(12-19)30-21(23)24)14-27-22(25-4-2)26-13-16-9-10-28(15-16)18-6-7-18/h5,8,12,16,18,21H,3-4,6-7,9-11,13-15H2,1-2H3,(H2,25,26,27). The molecule has 0 spiro atoms. The summed E-state index contributed by atoms with van der Waals surface area (Å²) in [5.41, 5.74) is 0.595. The summed E-state index contributed by atoms with van der Waals surface area (Å²) in [4.78, 5) is 7.18. The molecule has 0 amide bonds. The van der Waals surface area contributed by atoms with Gasteiger partial charge in [0.2, 0.25) is 0 Å². The van der Waals surface area contributed by atoms with Crippen LogP contribution in [0.5, 0.6) is 11.5 Å². The van der Waals surface area contributed by atoms with Gasteiger partial charge in [-0.15, -0.1) is 0 Å². The number of nitrogens with one attached hydrogen (secondary N) is 2. The molecule has 1 aromatic carbocycles. The van der Waals surface area contributed by atoms with E-state index in [-0.39, 0.29) is 12.3 Å². The lowest BCUT2D eigenvalue weighted by Crippen LogP contribution is -2.40. The van der Waals surface area contributed by atoms with Crippen molar-refractivity contribution in [1.82, 2.24) is 15.5 Å². The number of hydrogen-bond donors (Lipinski definition) is 2. The zero-order valence-corrected chi connectivity index (χ0v) is 18.0. The fraction of sp³-hybridized carbons (Fsp3) is 0.682. The van der Waals surface area contributed by atoms with Gasteiger partial charge in [-0.3, -0.25) is 0 Å². The van der Waals surface area contributed by atoms with E-state index in [0.29, 0.717) is 29.8 Å². The lowest BCUT2D eigenvalue weighted by atomic mass is 10.1. The molecule has 0 radical (unpaired) electrons. The van der Waals surface area contributed by atoms with Gasteiger partial charge in [0.15, 0.2) is 5.96 Å². The maximum atomic E-state index is 12.9. The van der Waals surface area contributed by atoms with Gasteiger partial charge in [0.1, 0.15) is 11.5 Å². The quantitative estimate of drug-likeness (QED) is 0.420. The fourth-order valence-corrected chi connectivity index (χ4v) is 3.73. The number of hydrogen-bond acceptors (Lipinski definition) is 4. The van der Waals surface area contributed by atoms with Crippen molar-refractivity contribution in [3.05, 3.63) is 23.8 Å². The Morgan fingerprint density at radius 2 is 2.07 bits per heavy atom. The summed E-state index contributed by atoms with van der Waals surface area (Å²) < 4.78 is 36.0. The number of rotatable bonds is 11. The molecule has 168 valence electrons. The van der Waals surface area contributed by atoms with Crippen LogP contribution in [0.15, 0.2) is 23.2 Å². The van der Waals surface area contributed by atoms with E-state index in [0.717, 1.165) is 32.1 Å². The third-order valence-corrected chi connectivity index (χ3v) is 5.42. The Morgan fingerprint density at radius 3 is 2.77 bits per heavy atom. The lowest BCUT2D eigenvalue weighted by molar-refractivity contribution is -0.0505. The molecule has 1 aromatic rings. The number of aliphatic imine (C=N–C) groups is 1. The Hall–Kier alpha value is -2.09. The Labute approximate surface area is 178 Å². The molecule has 8 heteroatoms. The minimum Gasteiger partial charge on any atom is -0.493 e. The second-order valence-corrected chi connectivity index (χ2v) is 7.95. The predicted octanol–water partition coefficient (Wildman–Crippen LogP) is 3.62. The van der Waals surface area contributed by atoms with E-state index in [2.05, 4.69) is 20.5 Å². The van der Waals surface area contributed by atoms with Crippen molar-refractivity contribution >= 4 is 5.96 Å². The smallest absolute Gasteiger partial charge is 0.387 e. The van der Waals surface area contributed by atoms with Gasteiger partial charge in [0.05, 0.1) is 13.2 Å². The van der Waals surface area contributed by atoms with Gasteiger partial charge in [0.25, 0.3) is 0 Å². The van der Waals surface area contributed by atoms with Crippen molar-refractivity contribution in [2.45, 2.75) is 58.7 Å². The monoisotopic (exact) mass is 424 g/mol. The van der Waals surface area contributed by atoms with E-state index in [4.69, 9.17) is 9.47 Å². The maximum Gasteiger partial charge on any atom is 0.387 e. The molecule has 1 atom stereocenters.